The first-order valence-corrected chi connectivity index (χ1v) is 8.40. The third-order valence-corrected chi connectivity index (χ3v) is 4.56. The Morgan fingerprint density at radius 2 is 1.92 bits per heavy atom. The lowest BCUT2D eigenvalue weighted by molar-refractivity contribution is -0.145. The molecule has 0 saturated carbocycles. The van der Waals surface area contributed by atoms with E-state index in [0.29, 0.717) is 32.7 Å². The average Bonchev–Trinajstić information content (AvgIpc) is 2.63. The summed E-state index contributed by atoms with van der Waals surface area (Å²) in [6.45, 7) is 3.61. The number of ether oxygens (including phenoxy) is 2. The second kappa shape index (κ2) is 10.4. The Labute approximate surface area is 154 Å². The van der Waals surface area contributed by atoms with E-state index in [1.54, 1.807) is 6.92 Å². The van der Waals surface area contributed by atoms with Crippen LogP contribution in [0.2, 0.25) is 0 Å². The highest BCUT2D eigenvalue weighted by Gasteiger charge is 2.39. The first-order chi connectivity index (χ1) is 11.6. The van der Waals surface area contributed by atoms with E-state index >= 15 is 0 Å². The SMILES string of the molecule is CCOC(=O)C(CNC(=O)C1(CN)CCOCC1)c1ccccc1.Cl. The maximum atomic E-state index is 12.7. The van der Waals surface area contributed by atoms with Crippen molar-refractivity contribution in [1.29, 1.82) is 0 Å². The largest absolute Gasteiger partial charge is 0.465 e. The van der Waals surface area contributed by atoms with Crippen molar-refractivity contribution in [3.63, 3.8) is 0 Å². The number of hydrogen-bond donors (Lipinski definition) is 2. The Balaban J connectivity index is 0.00000312. The van der Waals surface area contributed by atoms with E-state index < -0.39 is 11.3 Å². The van der Waals surface area contributed by atoms with Crippen LogP contribution in [0.15, 0.2) is 30.3 Å². The highest BCUT2D eigenvalue weighted by Crippen LogP contribution is 2.29. The third-order valence-electron chi connectivity index (χ3n) is 4.56. The molecule has 2 rings (SSSR count). The molecule has 1 amide bonds. The molecule has 140 valence electrons. The lowest BCUT2D eigenvalue weighted by Gasteiger charge is -2.34. The summed E-state index contributed by atoms with van der Waals surface area (Å²) in [6, 6.07) is 9.34. The van der Waals surface area contributed by atoms with Crippen LogP contribution in [-0.2, 0) is 19.1 Å². The Hall–Kier alpha value is -1.63. The van der Waals surface area contributed by atoms with Crippen molar-refractivity contribution < 1.29 is 19.1 Å². The lowest BCUT2D eigenvalue weighted by Crippen LogP contribution is -2.50. The predicted molar refractivity (Wildman–Crippen MR) is 97.6 cm³/mol. The minimum Gasteiger partial charge on any atom is -0.465 e. The fourth-order valence-electron chi connectivity index (χ4n) is 2.93. The van der Waals surface area contributed by atoms with Crippen LogP contribution in [0, 0.1) is 5.41 Å². The normalized spacial score (nSPS) is 17.0. The van der Waals surface area contributed by atoms with Crippen LogP contribution < -0.4 is 11.1 Å². The number of nitrogens with one attached hydrogen (secondary N) is 1. The van der Waals surface area contributed by atoms with E-state index in [-0.39, 0.29) is 37.4 Å². The molecule has 7 heteroatoms. The molecule has 1 aliphatic rings. The van der Waals surface area contributed by atoms with Crippen molar-refractivity contribution in [3.8, 4) is 0 Å². The molecule has 3 N–H and O–H groups in total. The zero-order chi connectivity index (χ0) is 17.4. The van der Waals surface area contributed by atoms with E-state index in [9.17, 15) is 9.59 Å². The van der Waals surface area contributed by atoms with E-state index in [1.165, 1.54) is 0 Å². The molecule has 1 fully saturated rings. The molecule has 0 bridgehead atoms. The van der Waals surface area contributed by atoms with Gasteiger partial charge in [-0.05, 0) is 25.3 Å². The smallest absolute Gasteiger partial charge is 0.315 e. The zero-order valence-corrected chi connectivity index (χ0v) is 15.3. The van der Waals surface area contributed by atoms with Gasteiger partial charge < -0.3 is 20.5 Å². The van der Waals surface area contributed by atoms with Gasteiger partial charge >= 0.3 is 5.97 Å². The van der Waals surface area contributed by atoms with Crippen LogP contribution in [0.25, 0.3) is 0 Å². The number of esters is 1. The zero-order valence-electron chi connectivity index (χ0n) is 14.5. The Morgan fingerprint density at radius 1 is 1.28 bits per heavy atom. The standard InChI is InChI=1S/C18H26N2O4.ClH/c1-2-24-16(21)15(14-6-4-3-5-7-14)12-20-17(22)18(13-19)8-10-23-11-9-18;/h3-7,15H,2,8-13,19H2,1H3,(H,20,22);1H. The second-order valence-electron chi connectivity index (χ2n) is 6.02. The van der Waals surface area contributed by atoms with Crippen molar-refractivity contribution in [2.75, 3.05) is 32.9 Å². The third kappa shape index (κ3) is 5.42. The van der Waals surface area contributed by atoms with Gasteiger partial charge in [0.05, 0.1) is 17.9 Å². The Morgan fingerprint density at radius 3 is 2.48 bits per heavy atom. The van der Waals surface area contributed by atoms with Crippen LogP contribution >= 0.6 is 12.4 Å². The molecule has 1 atom stereocenters. The first kappa shape index (κ1) is 21.4. The summed E-state index contributed by atoms with van der Waals surface area (Å²) >= 11 is 0. The average molecular weight is 371 g/mol. The molecule has 1 saturated heterocycles. The summed E-state index contributed by atoms with van der Waals surface area (Å²) in [4.78, 5) is 24.9. The minimum atomic E-state index is -0.603. The van der Waals surface area contributed by atoms with Crippen molar-refractivity contribution in [2.24, 2.45) is 11.1 Å². The molecule has 0 spiro atoms. The highest BCUT2D eigenvalue weighted by atomic mass is 35.5. The summed E-state index contributed by atoms with van der Waals surface area (Å²) in [5.41, 5.74) is 6.08. The van der Waals surface area contributed by atoms with Crippen molar-refractivity contribution in [1.82, 2.24) is 5.32 Å². The topological polar surface area (TPSA) is 90.7 Å². The molecular formula is C18H27ClN2O4. The number of nitrogens with two attached hydrogens (primary N) is 1. The molecule has 1 unspecified atom stereocenters. The molecule has 0 aromatic heterocycles. The van der Waals surface area contributed by atoms with Gasteiger partial charge in [-0.15, -0.1) is 12.4 Å². The maximum Gasteiger partial charge on any atom is 0.315 e. The van der Waals surface area contributed by atoms with Gasteiger partial charge in [0.1, 0.15) is 0 Å². The number of carbonyl (C=O) groups excluding carboxylic acids is 2. The van der Waals surface area contributed by atoms with Crippen molar-refractivity contribution in [3.05, 3.63) is 35.9 Å². The van der Waals surface area contributed by atoms with Crippen molar-refractivity contribution >= 4 is 24.3 Å². The predicted octanol–water partition coefficient (Wildman–Crippen LogP) is 1.63. The summed E-state index contributed by atoms with van der Waals surface area (Å²) < 4.78 is 10.5. The molecule has 1 aromatic carbocycles. The molecule has 25 heavy (non-hydrogen) atoms. The van der Waals surface area contributed by atoms with Crippen LogP contribution in [0.1, 0.15) is 31.2 Å². The van der Waals surface area contributed by atoms with Crippen LogP contribution in [0.4, 0.5) is 0 Å². The van der Waals surface area contributed by atoms with Gasteiger partial charge in [-0.2, -0.15) is 0 Å². The second-order valence-corrected chi connectivity index (χ2v) is 6.02. The number of halogens is 1. The van der Waals surface area contributed by atoms with E-state index in [4.69, 9.17) is 15.2 Å². The molecule has 1 aromatic rings. The summed E-state index contributed by atoms with van der Waals surface area (Å²) in [6.07, 6.45) is 1.20. The van der Waals surface area contributed by atoms with Gasteiger partial charge in [0.25, 0.3) is 0 Å². The minimum absolute atomic E-state index is 0. The van der Waals surface area contributed by atoms with Crippen molar-refractivity contribution in [2.45, 2.75) is 25.7 Å². The number of rotatable bonds is 7. The van der Waals surface area contributed by atoms with E-state index in [1.807, 2.05) is 30.3 Å². The number of amides is 1. The van der Waals surface area contributed by atoms with E-state index in [0.717, 1.165) is 5.56 Å². The Kier molecular flexibility index (Phi) is 8.89. The molecule has 6 nitrogen and oxygen atoms in total. The van der Waals surface area contributed by atoms with Gasteiger partial charge in [-0.1, -0.05) is 30.3 Å². The monoisotopic (exact) mass is 370 g/mol. The van der Waals surface area contributed by atoms with Crippen LogP contribution in [0.5, 0.6) is 0 Å². The summed E-state index contributed by atoms with van der Waals surface area (Å²) in [7, 11) is 0. The van der Waals surface area contributed by atoms with E-state index in [2.05, 4.69) is 5.32 Å². The first-order valence-electron chi connectivity index (χ1n) is 8.40. The molecule has 1 aliphatic heterocycles. The molecule has 0 radical (unpaired) electrons. The van der Waals surface area contributed by atoms with Gasteiger partial charge in [0.2, 0.25) is 5.91 Å². The Bertz CT molecular complexity index is 547. The number of hydrogen-bond acceptors (Lipinski definition) is 5. The fourth-order valence-corrected chi connectivity index (χ4v) is 2.93. The molecular weight excluding hydrogens is 344 g/mol. The highest BCUT2D eigenvalue weighted by molar-refractivity contribution is 5.85. The maximum absolute atomic E-state index is 12.7. The quantitative estimate of drug-likeness (QED) is 0.712. The van der Waals surface area contributed by atoms with Gasteiger partial charge in [0.15, 0.2) is 0 Å². The molecule has 0 aliphatic carbocycles. The van der Waals surface area contributed by atoms with Crippen LogP contribution in [-0.4, -0.2) is 44.8 Å². The lowest BCUT2D eigenvalue weighted by atomic mass is 9.79. The van der Waals surface area contributed by atoms with Crippen LogP contribution in [0.3, 0.4) is 0 Å². The fraction of sp³-hybridized carbons (Fsp3) is 0.556. The number of carbonyl (C=O) groups is 2. The number of benzene rings is 1. The summed E-state index contributed by atoms with van der Waals surface area (Å²) in [5.74, 6) is -0.971. The molecule has 1 heterocycles. The van der Waals surface area contributed by atoms with Gasteiger partial charge in [-0.3, -0.25) is 9.59 Å². The van der Waals surface area contributed by atoms with Gasteiger partial charge in [-0.25, -0.2) is 0 Å². The van der Waals surface area contributed by atoms with Gasteiger partial charge in [0, 0.05) is 26.3 Å². The summed E-state index contributed by atoms with van der Waals surface area (Å²) in [5, 5.41) is 2.91.